The molecule has 0 aliphatic rings. The Kier molecular flexibility index (Phi) is 3.77. The number of hydrogen-bond donors (Lipinski definition) is 1. The molecule has 110 valence electrons. The molecule has 0 radical (unpaired) electrons. The molecule has 20 heavy (non-hydrogen) atoms. The maximum atomic E-state index is 11.4. The van der Waals surface area contributed by atoms with Gasteiger partial charge in [-0.05, 0) is 24.0 Å². The molecule has 0 aliphatic carbocycles. The molecule has 1 N–H and O–H groups in total. The SMILES string of the molecule is Cc1cccc2nc(NCC(C)(C)CS(C)(=O)=O)oc12. The number of aromatic nitrogens is 1. The standard InChI is InChI=1S/C14H20N2O3S/c1-10-6-5-7-11-12(10)19-13(16-11)15-8-14(2,3)9-20(4,17)18/h5-7H,8-9H2,1-4H3,(H,15,16). The first-order chi connectivity index (χ1) is 9.16. The van der Waals surface area contributed by atoms with Crippen molar-refractivity contribution < 1.29 is 12.8 Å². The van der Waals surface area contributed by atoms with Crippen molar-refractivity contribution in [3.05, 3.63) is 23.8 Å². The van der Waals surface area contributed by atoms with Crippen LogP contribution in [-0.4, -0.2) is 32.0 Å². The smallest absolute Gasteiger partial charge is 0.295 e. The lowest BCUT2D eigenvalue weighted by atomic mass is 9.97. The minimum atomic E-state index is -3.01. The monoisotopic (exact) mass is 296 g/mol. The van der Waals surface area contributed by atoms with Gasteiger partial charge in [0.1, 0.15) is 15.4 Å². The van der Waals surface area contributed by atoms with Gasteiger partial charge in [0.2, 0.25) is 0 Å². The van der Waals surface area contributed by atoms with Crippen LogP contribution in [0.25, 0.3) is 11.1 Å². The molecule has 0 amide bonds. The van der Waals surface area contributed by atoms with Crippen LogP contribution in [0, 0.1) is 12.3 Å². The van der Waals surface area contributed by atoms with Crippen molar-refractivity contribution >= 4 is 27.0 Å². The summed E-state index contributed by atoms with van der Waals surface area (Å²) in [7, 11) is -3.01. The van der Waals surface area contributed by atoms with E-state index in [0.717, 1.165) is 16.7 Å². The van der Waals surface area contributed by atoms with E-state index in [1.165, 1.54) is 6.26 Å². The topological polar surface area (TPSA) is 72.2 Å². The van der Waals surface area contributed by atoms with E-state index < -0.39 is 9.84 Å². The van der Waals surface area contributed by atoms with Crippen LogP contribution in [0.4, 0.5) is 6.01 Å². The van der Waals surface area contributed by atoms with Crippen molar-refractivity contribution in [1.29, 1.82) is 0 Å². The van der Waals surface area contributed by atoms with Crippen molar-refractivity contribution in [2.45, 2.75) is 20.8 Å². The highest BCUT2D eigenvalue weighted by molar-refractivity contribution is 7.90. The van der Waals surface area contributed by atoms with Crippen LogP contribution in [0.5, 0.6) is 0 Å². The van der Waals surface area contributed by atoms with Gasteiger partial charge in [-0.25, -0.2) is 8.42 Å². The maximum Gasteiger partial charge on any atom is 0.295 e. The zero-order chi connectivity index (χ0) is 15.0. The van der Waals surface area contributed by atoms with Crippen LogP contribution >= 0.6 is 0 Å². The van der Waals surface area contributed by atoms with Crippen molar-refractivity contribution in [2.24, 2.45) is 5.41 Å². The Morgan fingerprint density at radius 1 is 1.35 bits per heavy atom. The lowest BCUT2D eigenvalue weighted by Crippen LogP contribution is -2.30. The summed E-state index contributed by atoms with van der Waals surface area (Å²) in [5.41, 5.74) is 2.20. The lowest BCUT2D eigenvalue weighted by molar-refractivity contribution is 0.433. The molecule has 6 heteroatoms. The summed E-state index contributed by atoms with van der Waals surface area (Å²) in [6.07, 6.45) is 1.25. The molecule has 2 rings (SSSR count). The number of nitrogens with one attached hydrogen (secondary N) is 1. The molecular weight excluding hydrogens is 276 g/mol. The molecule has 0 unspecified atom stereocenters. The number of aryl methyl sites for hydroxylation is 1. The fourth-order valence-electron chi connectivity index (χ4n) is 2.24. The van der Waals surface area contributed by atoms with Gasteiger partial charge in [0, 0.05) is 12.8 Å². The van der Waals surface area contributed by atoms with E-state index in [4.69, 9.17) is 4.42 Å². The van der Waals surface area contributed by atoms with E-state index in [-0.39, 0.29) is 11.2 Å². The van der Waals surface area contributed by atoms with Crippen LogP contribution < -0.4 is 5.32 Å². The van der Waals surface area contributed by atoms with Crippen molar-refractivity contribution in [1.82, 2.24) is 4.98 Å². The first kappa shape index (κ1) is 14.8. The van der Waals surface area contributed by atoms with E-state index >= 15 is 0 Å². The minimum Gasteiger partial charge on any atom is -0.423 e. The zero-order valence-electron chi connectivity index (χ0n) is 12.2. The highest BCUT2D eigenvalue weighted by Gasteiger charge is 2.24. The Bertz CT molecular complexity index is 717. The van der Waals surface area contributed by atoms with E-state index in [2.05, 4.69) is 10.3 Å². The summed E-state index contributed by atoms with van der Waals surface area (Å²) in [4.78, 5) is 4.35. The average molecular weight is 296 g/mol. The van der Waals surface area contributed by atoms with Gasteiger partial charge in [-0.1, -0.05) is 26.0 Å². The molecule has 2 aromatic rings. The molecule has 0 atom stereocenters. The number of sulfone groups is 1. The molecule has 0 saturated carbocycles. The molecule has 1 aromatic carbocycles. The molecule has 0 spiro atoms. The lowest BCUT2D eigenvalue weighted by Gasteiger charge is -2.23. The molecule has 0 fully saturated rings. The zero-order valence-corrected chi connectivity index (χ0v) is 13.0. The second kappa shape index (κ2) is 5.09. The Balaban J connectivity index is 2.11. The Hall–Kier alpha value is -1.56. The predicted octanol–water partition coefficient (Wildman–Crippen LogP) is 2.62. The highest BCUT2D eigenvalue weighted by Crippen LogP contribution is 2.24. The van der Waals surface area contributed by atoms with E-state index in [1.54, 1.807) is 0 Å². The van der Waals surface area contributed by atoms with Gasteiger partial charge in [-0.15, -0.1) is 0 Å². The van der Waals surface area contributed by atoms with Gasteiger partial charge in [-0.2, -0.15) is 4.98 Å². The van der Waals surface area contributed by atoms with Gasteiger partial charge >= 0.3 is 0 Å². The second-order valence-electron chi connectivity index (χ2n) is 6.03. The van der Waals surface area contributed by atoms with Gasteiger partial charge in [0.05, 0.1) is 5.75 Å². The molecular formula is C14H20N2O3S. The molecule has 1 heterocycles. The minimum absolute atomic E-state index is 0.117. The number of hydrogen-bond acceptors (Lipinski definition) is 5. The number of oxazole rings is 1. The third-order valence-electron chi connectivity index (χ3n) is 2.98. The summed E-state index contributed by atoms with van der Waals surface area (Å²) in [5, 5.41) is 3.08. The van der Waals surface area contributed by atoms with Crippen LogP contribution in [0.1, 0.15) is 19.4 Å². The van der Waals surface area contributed by atoms with Gasteiger partial charge in [0.25, 0.3) is 6.01 Å². The van der Waals surface area contributed by atoms with Crippen LogP contribution in [0.3, 0.4) is 0 Å². The van der Waals surface area contributed by atoms with Crippen LogP contribution in [0.2, 0.25) is 0 Å². The third-order valence-corrected chi connectivity index (χ3v) is 4.29. The van der Waals surface area contributed by atoms with Crippen molar-refractivity contribution in [2.75, 3.05) is 23.9 Å². The number of rotatable bonds is 5. The number of fused-ring (bicyclic) bond motifs is 1. The summed E-state index contributed by atoms with van der Waals surface area (Å²) >= 11 is 0. The largest absolute Gasteiger partial charge is 0.423 e. The van der Waals surface area contributed by atoms with E-state index in [0.29, 0.717) is 12.6 Å². The quantitative estimate of drug-likeness (QED) is 0.918. The van der Waals surface area contributed by atoms with E-state index in [9.17, 15) is 8.42 Å². The first-order valence-electron chi connectivity index (χ1n) is 6.44. The van der Waals surface area contributed by atoms with Gasteiger partial charge in [-0.3, -0.25) is 0 Å². The summed E-state index contributed by atoms with van der Waals surface area (Å²) in [6, 6.07) is 6.21. The number of benzene rings is 1. The summed E-state index contributed by atoms with van der Waals surface area (Å²) in [6.45, 7) is 6.24. The maximum absolute atomic E-state index is 11.4. The van der Waals surface area contributed by atoms with Crippen molar-refractivity contribution in [3.63, 3.8) is 0 Å². The fraction of sp³-hybridized carbons (Fsp3) is 0.500. The fourth-order valence-corrected chi connectivity index (χ4v) is 3.76. The summed E-state index contributed by atoms with van der Waals surface area (Å²) < 4.78 is 28.4. The normalized spacial score (nSPS) is 12.8. The molecule has 0 aliphatic heterocycles. The summed E-state index contributed by atoms with van der Waals surface area (Å²) in [5.74, 6) is 0.117. The molecule has 1 aromatic heterocycles. The Labute approximate surface area is 119 Å². The van der Waals surface area contributed by atoms with Crippen molar-refractivity contribution in [3.8, 4) is 0 Å². The van der Waals surface area contributed by atoms with Gasteiger partial charge < -0.3 is 9.73 Å². The van der Waals surface area contributed by atoms with Crippen LogP contribution in [-0.2, 0) is 9.84 Å². The van der Waals surface area contributed by atoms with E-state index in [1.807, 2.05) is 39.0 Å². The van der Waals surface area contributed by atoms with Gasteiger partial charge in [0.15, 0.2) is 5.58 Å². The van der Waals surface area contributed by atoms with Crippen LogP contribution in [0.15, 0.2) is 22.6 Å². The Morgan fingerprint density at radius 3 is 2.65 bits per heavy atom. The highest BCUT2D eigenvalue weighted by atomic mass is 32.2. The average Bonchev–Trinajstić information content (AvgIpc) is 2.68. The predicted molar refractivity (Wildman–Crippen MR) is 80.7 cm³/mol. The Morgan fingerprint density at radius 2 is 2.05 bits per heavy atom. The first-order valence-corrected chi connectivity index (χ1v) is 8.50. The number of anilines is 1. The molecule has 5 nitrogen and oxygen atoms in total. The number of nitrogens with zero attached hydrogens (tertiary/aromatic N) is 1. The molecule has 0 saturated heterocycles. The number of para-hydroxylation sites is 1. The molecule has 0 bridgehead atoms. The second-order valence-corrected chi connectivity index (χ2v) is 8.17. The third kappa shape index (κ3) is 3.72.